The first-order valence-electron chi connectivity index (χ1n) is 10.0. The molecule has 1 aliphatic heterocycles. The molecule has 156 valence electrons. The van der Waals surface area contributed by atoms with Crippen LogP contribution in [-0.4, -0.2) is 44.6 Å². The summed E-state index contributed by atoms with van der Waals surface area (Å²) in [5, 5.41) is 4.38. The van der Waals surface area contributed by atoms with E-state index in [0.717, 1.165) is 30.0 Å². The Bertz CT molecular complexity index is 936. The van der Waals surface area contributed by atoms with Crippen LogP contribution in [0.15, 0.2) is 35.7 Å². The molecule has 3 rings (SSSR count). The van der Waals surface area contributed by atoms with Gasteiger partial charge in [0.15, 0.2) is 0 Å². The number of hydrogen-bond acceptors (Lipinski definition) is 6. The van der Waals surface area contributed by atoms with Crippen LogP contribution in [0.4, 0.5) is 11.6 Å². The maximum atomic E-state index is 12.1. The highest BCUT2D eigenvalue weighted by atomic mass is 32.2. The van der Waals surface area contributed by atoms with Gasteiger partial charge in [-0.1, -0.05) is 29.8 Å². The fraction of sp³-hybridized carbons (Fsp3) is 0.429. The van der Waals surface area contributed by atoms with Crippen LogP contribution in [0.3, 0.4) is 0 Å². The smallest absolute Gasteiger partial charge is 0.233 e. The number of aromatic nitrogens is 2. The van der Waals surface area contributed by atoms with Crippen molar-refractivity contribution in [2.75, 3.05) is 36.4 Å². The molecule has 0 radical (unpaired) electrons. The van der Waals surface area contributed by atoms with Gasteiger partial charge in [-0.2, -0.15) is 0 Å². The molecule has 1 aromatic heterocycles. The van der Waals surface area contributed by atoms with E-state index in [2.05, 4.69) is 24.9 Å². The summed E-state index contributed by atoms with van der Waals surface area (Å²) in [6, 6.07) is 9.61. The lowest BCUT2D eigenvalue weighted by atomic mass is 10.1. The molecule has 7 nitrogen and oxygen atoms in total. The second-order valence-electron chi connectivity index (χ2n) is 7.29. The highest BCUT2D eigenvalue weighted by Gasteiger charge is 2.13. The van der Waals surface area contributed by atoms with E-state index in [1.54, 1.807) is 6.08 Å². The molecule has 1 aliphatic rings. The fourth-order valence-electron chi connectivity index (χ4n) is 3.21. The van der Waals surface area contributed by atoms with E-state index in [1.807, 2.05) is 44.2 Å². The van der Waals surface area contributed by atoms with Crippen LogP contribution in [0.1, 0.15) is 36.2 Å². The van der Waals surface area contributed by atoms with Gasteiger partial charge in [0.1, 0.15) is 17.5 Å². The largest absolute Gasteiger partial charge is 0.369 e. The zero-order valence-corrected chi connectivity index (χ0v) is 17.9. The first-order valence-corrected chi connectivity index (χ1v) is 11.5. The Labute approximate surface area is 173 Å². The summed E-state index contributed by atoms with van der Waals surface area (Å²) >= 11 is 0. The van der Waals surface area contributed by atoms with Gasteiger partial charge in [0.25, 0.3) is 0 Å². The van der Waals surface area contributed by atoms with Gasteiger partial charge in [-0.15, -0.1) is 0 Å². The van der Waals surface area contributed by atoms with Gasteiger partial charge >= 0.3 is 0 Å². The molecule has 0 saturated carbocycles. The molecular formula is C21H29N5O2S. The van der Waals surface area contributed by atoms with E-state index in [4.69, 9.17) is 0 Å². The molecule has 8 heteroatoms. The van der Waals surface area contributed by atoms with Crippen LogP contribution >= 0.6 is 0 Å². The number of hydrogen-bond donors (Lipinski definition) is 2. The van der Waals surface area contributed by atoms with E-state index in [9.17, 15) is 8.42 Å². The molecule has 29 heavy (non-hydrogen) atoms. The monoisotopic (exact) mass is 415 g/mol. The van der Waals surface area contributed by atoms with E-state index in [0.29, 0.717) is 18.2 Å². The third kappa shape index (κ3) is 6.83. The Balaban J connectivity index is 1.50. The zero-order valence-electron chi connectivity index (χ0n) is 17.1. The summed E-state index contributed by atoms with van der Waals surface area (Å²) in [5.74, 6) is 2.35. The minimum atomic E-state index is -3.49. The van der Waals surface area contributed by atoms with Gasteiger partial charge in [0.05, 0.1) is 0 Å². The molecule has 2 N–H and O–H groups in total. The van der Waals surface area contributed by atoms with Gasteiger partial charge in [0, 0.05) is 37.7 Å². The molecule has 1 saturated heterocycles. The summed E-state index contributed by atoms with van der Waals surface area (Å²) in [4.78, 5) is 11.2. The Morgan fingerprint density at radius 1 is 1.03 bits per heavy atom. The van der Waals surface area contributed by atoms with Crippen molar-refractivity contribution in [3.05, 3.63) is 52.7 Å². The van der Waals surface area contributed by atoms with Crippen molar-refractivity contribution in [3.63, 3.8) is 0 Å². The molecule has 0 atom stereocenters. The number of nitrogens with zero attached hydrogens (tertiary/aromatic N) is 3. The predicted octanol–water partition coefficient (Wildman–Crippen LogP) is 3.09. The van der Waals surface area contributed by atoms with Gasteiger partial charge in [-0.05, 0) is 44.7 Å². The van der Waals surface area contributed by atoms with E-state index in [1.165, 1.54) is 24.7 Å². The maximum Gasteiger partial charge on any atom is 0.233 e. The van der Waals surface area contributed by atoms with Gasteiger partial charge in [0.2, 0.25) is 10.0 Å². The predicted molar refractivity (Wildman–Crippen MR) is 118 cm³/mol. The molecule has 0 aliphatic carbocycles. The second-order valence-corrected chi connectivity index (χ2v) is 8.94. The average Bonchev–Trinajstić information content (AvgIpc) is 2.71. The summed E-state index contributed by atoms with van der Waals surface area (Å²) in [6.07, 6.45) is 5.23. The number of anilines is 2. The normalized spacial score (nSPS) is 15.0. The number of nitrogens with one attached hydrogen (secondary N) is 2. The topological polar surface area (TPSA) is 87.2 Å². The molecule has 0 unspecified atom stereocenters. The summed E-state index contributed by atoms with van der Waals surface area (Å²) in [5.41, 5.74) is 1.98. The molecule has 0 bridgehead atoms. The lowest BCUT2D eigenvalue weighted by Crippen LogP contribution is -2.30. The van der Waals surface area contributed by atoms with Crippen LogP contribution in [0.5, 0.6) is 0 Å². The van der Waals surface area contributed by atoms with E-state index < -0.39 is 10.0 Å². The van der Waals surface area contributed by atoms with Gasteiger partial charge < -0.3 is 10.2 Å². The van der Waals surface area contributed by atoms with Crippen molar-refractivity contribution in [3.8, 4) is 0 Å². The maximum absolute atomic E-state index is 12.1. The summed E-state index contributed by atoms with van der Waals surface area (Å²) < 4.78 is 26.9. The number of benzene rings is 1. The van der Waals surface area contributed by atoms with Crippen LogP contribution in [0.25, 0.3) is 6.08 Å². The third-order valence-corrected chi connectivity index (χ3v) is 5.86. The van der Waals surface area contributed by atoms with Crippen LogP contribution in [0, 0.1) is 13.8 Å². The average molecular weight is 416 g/mol. The Hall–Kier alpha value is -2.45. The zero-order chi connectivity index (χ0) is 20.7. The Morgan fingerprint density at radius 2 is 1.76 bits per heavy atom. The summed E-state index contributed by atoms with van der Waals surface area (Å²) in [7, 11) is -3.49. The number of piperidine rings is 1. The molecule has 1 aromatic carbocycles. The summed E-state index contributed by atoms with van der Waals surface area (Å²) in [6.45, 7) is 6.60. The van der Waals surface area contributed by atoms with Crippen molar-refractivity contribution < 1.29 is 8.42 Å². The quantitative estimate of drug-likeness (QED) is 0.644. The Morgan fingerprint density at radius 3 is 2.48 bits per heavy atom. The molecule has 1 fully saturated rings. The Kier molecular flexibility index (Phi) is 7.22. The number of rotatable bonds is 8. The first-order chi connectivity index (χ1) is 13.9. The molecule has 0 spiro atoms. The van der Waals surface area contributed by atoms with Crippen LogP contribution in [-0.2, 0) is 10.0 Å². The highest BCUT2D eigenvalue weighted by molar-refractivity contribution is 7.92. The van der Waals surface area contributed by atoms with Crippen molar-refractivity contribution in [2.45, 2.75) is 33.1 Å². The highest BCUT2D eigenvalue weighted by Crippen LogP contribution is 2.20. The third-order valence-electron chi connectivity index (χ3n) is 4.76. The lowest BCUT2D eigenvalue weighted by molar-refractivity contribution is 0.572. The van der Waals surface area contributed by atoms with Crippen molar-refractivity contribution in [1.29, 1.82) is 0 Å². The molecule has 2 heterocycles. The SMILES string of the molecule is Cc1ccc(/C=C/S(=O)(=O)NCCNc2cc(N3CCCCC3)nc(C)n2)cc1. The minimum Gasteiger partial charge on any atom is -0.369 e. The molecular weight excluding hydrogens is 386 g/mol. The number of sulfonamides is 1. The fourth-order valence-corrected chi connectivity index (χ4v) is 4.02. The molecule has 2 aromatic rings. The number of aryl methyl sites for hydroxylation is 2. The van der Waals surface area contributed by atoms with Gasteiger partial charge in [-0.3, -0.25) is 0 Å². The minimum absolute atomic E-state index is 0.267. The van der Waals surface area contributed by atoms with Crippen molar-refractivity contribution in [1.82, 2.24) is 14.7 Å². The van der Waals surface area contributed by atoms with E-state index in [-0.39, 0.29) is 6.54 Å². The van der Waals surface area contributed by atoms with Crippen LogP contribution < -0.4 is 14.9 Å². The van der Waals surface area contributed by atoms with E-state index >= 15 is 0 Å². The molecule has 0 amide bonds. The first kappa shape index (κ1) is 21.3. The van der Waals surface area contributed by atoms with Crippen molar-refractivity contribution >= 4 is 27.7 Å². The van der Waals surface area contributed by atoms with Crippen molar-refractivity contribution in [2.24, 2.45) is 0 Å². The lowest BCUT2D eigenvalue weighted by Gasteiger charge is -2.28. The second kappa shape index (κ2) is 9.84. The standard InChI is InChI=1S/C21H29N5O2S/c1-17-6-8-19(9-7-17)10-15-29(27,28)23-12-11-22-20-16-21(25-18(2)24-20)26-13-4-3-5-14-26/h6-10,15-16,23H,3-5,11-14H2,1-2H3,(H,22,24,25)/b15-10+. The van der Waals surface area contributed by atoms with Crippen LogP contribution in [0.2, 0.25) is 0 Å². The van der Waals surface area contributed by atoms with Gasteiger partial charge in [-0.25, -0.2) is 23.1 Å².